The van der Waals surface area contributed by atoms with Crippen molar-refractivity contribution < 1.29 is 27.4 Å². The molecule has 1 aliphatic rings. The number of halogens is 4. The molecule has 0 aromatic carbocycles. The number of carbonyl (C=O) groups is 1. The number of likely N-dealkylation sites (tertiary alicyclic amines) is 1. The second kappa shape index (κ2) is 12.0. The molecule has 2 heterocycles. The Hall–Kier alpha value is -1.79. The number of nitrogens with zero attached hydrogens (tertiary/aromatic N) is 3. The highest BCUT2D eigenvalue weighted by atomic mass is 127. The normalized spacial score (nSPS) is 17.3. The van der Waals surface area contributed by atoms with Crippen molar-refractivity contribution in [2.45, 2.75) is 25.9 Å². The third kappa shape index (κ3) is 7.86. The molecular weight excluding hydrogens is 504 g/mol. The van der Waals surface area contributed by atoms with Crippen molar-refractivity contribution in [1.29, 1.82) is 0 Å². The second-order valence-corrected chi connectivity index (χ2v) is 6.24. The van der Waals surface area contributed by atoms with E-state index >= 15 is 0 Å². The molecule has 1 saturated heterocycles. The number of nitrogens with one attached hydrogen (secondary N) is 1. The Morgan fingerprint density at radius 3 is 2.76 bits per heavy atom. The van der Waals surface area contributed by atoms with E-state index in [4.69, 9.17) is 9.47 Å². The van der Waals surface area contributed by atoms with E-state index in [0.717, 1.165) is 31.6 Å². The van der Waals surface area contributed by atoms with Crippen molar-refractivity contribution >= 4 is 35.9 Å². The van der Waals surface area contributed by atoms with Crippen LogP contribution in [0, 0.1) is 5.92 Å². The van der Waals surface area contributed by atoms with E-state index in [1.807, 2.05) is 4.90 Å². The van der Waals surface area contributed by atoms with Gasteiger partial charge in [0, 0.05) is 32.4 Å². The molecular formula is C18H26F3IN4O3. The largest absolute Gasteiger partial charge is 0.476 e. The molecule has 1 unspecified atom stereocenters. The molecule has 1 aromatic heterocycles. The van der Waals surface area contributed by atoms with E-state index in [-0.39, 0.29) is 48.4 Å². The zero-order valence-electron chi connectivity index (χ0n) is 16.4. The van der Waals surface area contributed by atoms with Crippen molar-refractivity contribution in [1.82, 2.24) is 15.2 Å². The van der Waals surface area contributed by atoms with Crippen LogP contribution in [0.25, 0.3) is 0 Å². The predicted molar refractivity (Wildman–Crippen MR) is 112 cm³/mol. The molecule has 1 fully saturated rings. The third-order valence-electron chi connectivity index (χ3n) is 4.25. The number of alkyl halides is 3. The van der Waals surface area contributed by atoms with Gasteiger partial charge in [-0.3, -0.25) is 9.79 Å². The van der Waals surface area contributed by atoms with Gasteiger partial charge in [0.05, 0.1) is 24.6 Å². The van der Waals surface area contributed by atoms with Gasteiger partial charge < -0.3 is 19.7 Å². The average Bonchev–Trinajstić information content (AvgIpc) is 2.68. The molecule has 2 rings (SSSR count). The molecule has 0 amide bonds. The minimum Gasteiger partial charge on any atom is -0.476 e. The number of guanidine groups is 1. The van der Waals surface area contributed by atoms with Crippen LogP contribution in [-0.2, 0) is 15.7 Å². The molecule has 0 aliphatic carbocycles. The van der Waals surface area contributed by atoms with Crippen LogP contribution < -0.4 is 10.1 Å². The number of pyridine rings is 1. The Morgan fingerprint density at radius 1 is 1.41 bits per heavy atom. The SMILES string of the molecule is CCOC(=O)C1CCCN(C(=NC)NCCOc2ccc(C(F)(F)F)cn2)C1.I. The van der Waals surface area contributed by atoms with Gasteiger partial charge in [-0.25, -0.2) is 4.98 Å². The van der Waals surface area contributed by atoms with E-state index in [2.05, 4.69) is 15.3 Å². The molecule has 1 atom stereocenters. The molecule has 0 spiro atoms. The summed E-state index contributed by atoms with van der Waals surface area (Å²) in [6, 6.07) is 2.12. The maximum absolute atomic E-state index is 12.5. The molecule has 0 saturated carbocycles. The minimum atomic E-state index is -4.42. The first-order valence-electron chi connectivity index (χ1n) is 9.13. The summed E-state index contributed by atoms with van der Waals surface area (Å²) >= 11 is 0. The minimum absolute atomic E-state index is 0. The smallest absolute Gasteiger partial charge is 0.417 e. The Bertz CT molecular complexity index is 671. The van der Waals surface area contributed by atoms with Crippen LogP contribution in [0.1, 0.15) is 25.3 Å². The Balaban J connectivity index is 0.00000420. The Labute approximate surface area is 185 Å². The van der Waals surface area contributed by atoms with Crippen LogP contribution >= 0.6 is 24.0 Å². The highest BCUT2D eigenvalue weighted by Crippen LogP contribution is 2.29. The van der Waals surface area contributed by atoms with Gasteiger partial charge in [-0.05, 0) is 25.8 Å². The molecule has 29 heavy (non-hydrogen) atoms. The Kier molecular flexibility index (Phi) is 10.5. The summed E-state index contributed by atoms with van der Waals surface area (Å²) in [7, 11) is 1.65. The van der Waals surface area contributed by atoms with Crippen molar-refractivity contribution in [2.75, 3.05) is 39.9 Å². The number of hydrogen-bond donors (Lipinski definition) is 1. The number of aromatic nitrogens is 1. The predicted octanol–water partition coefficient (Wildman–Crippen LogP) is 2.95. The monoisotopic (exact) mass is 530 g/mol. The van der Waals surface area contributed by atoms with E-state index < -0.39 is 11.7 Å². The molecule has 11 heteroatoms. The van der Waals surface area contributed by atoms with Crippen molar-refractivity contribution in [3.8, 4) is 5.88 Å². The fourth-order valence-corrected chi connectivity index (χ4v) is 2.91. The van der Waals surface area contributed by atoms with Crippen LogP contribution in [0.15, 0.2) is 23.3 Å². The number of aliphatic imine (C=N–C) groups is 1. The molecule has 0 bridgehead atoms. The standard InChI is InChI=1S/C18H25F3N4O3.HI/c1-3-27-16(26)13-5-4-9-25(12-13)17(22-2)23-8-10-28-15-7-6-14(11-24-15)18(19,20)21;/h6-7,11,13H,3-5,8-10,12H2,1-2H3,(H,22,23);1H. The summed E-state index contributed by atoms with van der Waals surface area (Å²) in [6.45, 7) is 4.03. The van der Waals surface area contributed by atoms with Gasteiger partial charge in [-0.2, -0.15) is 13.2 Å². The first kappa shape index (κ1) is 25.2. The number of hydrogen-bond acceptors (Lipinski definition) is 5. The number of esters is 1. The first-order valence-corrected chi connectivity index (χ1v) is 9.13. The van der Waals surface area contributed by atoms with Gasteiger partial charge in [-0.15, -0.1) is 24.0 Å². The third-order valence-corrected chi connectivity index (χ3v) is 4.25. The molecule has 164 valence electrons. The highest BCUT2D eigenvalue weighted by Gasteiger charge is 2.31. The number of piperidine rings is 1. The second-order valence-electron chi connectivity index (χ2n) is 6.24. The summed E-state index contributed by atoms with van der Waals surface area (Å²) in [5.74, 6) is 0.377. The van der Waals surface area contributed by atoms with E-state index in [1.54, 1.807) is 14.0 Å². The highest BCUT2D eigenvalue weighted by molar-refractivity contribution is 14.0. The molecule has 1 aromatic rings. The van der Waals surface area contributed by atoms with E-state index in [1.165, 1.54) is 6.07 Å². The number of ether oxygens (including phenoxy) is 2. The quantitative estimate of drug-likeness (QED) is 0.201. The topological polar surface area (TPSA) is 76.0 Å². The van der Waals surface area contributed by atoms with Crippen molar-refractivity contribution in [2.24, 2.45) is 10.9 Å². The zero-order valence-corrected chi connectivity index (χ0v) is 18.7. The van der Waals surface area contributed by atoms with Crippen molar-refractivity contribution in [3.05, 3.63) is 23.9 Å². The summed E-state index contributed by atoms with van der Waals surface area (Å²) in [6.07, 6.45) is -2.04. The molecule has 0 radical (unpaired) electrons. The average molecular weight is 530 g/mol. The lowest BCUT2D eigenvalue weighted by Crippen LogP contribution is -2.49. The van der Waals surface area contributed by atoms with Gasteiger partial charge in [-0.1, -0.05) is 0 Å². The first-order chi connectivity index (χ1) is 13.3. The van der Waals surface area contributed by atoms with Gasteiger partial charge in [0.25, 0.3) is 0 Å². The number of carbonyl (C=O) groups excluding carboxylic acids is 1. The van der Waals surface area contributed by atoms with Crippen LogP contribution in [0.3, 0.4) is 0 Å². The maximum atomic E-state index is 12.5. The lowest BCUT2D eigenvalue weighted by molar-refractivity contribution is -0.149. The van der Waals surface area contributed by atoms with Gasteiger partial charge in [0.1, 0.15) is 6.61 Å². The maximum Gasteiger partial charge on any atom is 0.417 e. The van der Waals surface area contributed by atoms with Crippen LogP contribution in [0.5, 0.6) is 5.88 Å². The van der Waals surface area contributed by atoms with Gasteiger partial charge >= 0.3 is 12.1 Å². The lowest BCUT2D eigenvalue weighted by atomic mass is 9.98. The molecule has 1 N–H and O–H groups in total. The van der Waals surface area contributed by atoms with E-state index in [9.17, 15) is 18.0 Å². The zero-order chi connectivity index (χ0) is 20.6. The van der Waals surface area contributed by atoms with Crippen LogP contribution in [-0.4, -0.2) is 61.7 Å². The van der Waals surface area contributed by atoms with Gasteiger partial charge in [0.15, 0.2) is 5.96 Å². The summed E-state index contributed by atoms with van der Waals surface area (Å²) < 4.78 is 48.0. The lowest BCUT2D eigenvalue weighted by Gasteiger charge is -2.33. The molecule has 7 nitrogen and oxygen atoms in total. The molecule has 1 aliphatic heterocycles. The van der Waals surface area contributed by atoms with Crippen LogP contribution in [0.2, 0.25) is 0 Å². The number of rotatable bonds is 6. The van der Waals surface area contributed by atoms with Gasteiger partial charge in [0.2, 0.25) is 5.88 Å². The van der Waals surface area contributed by atoms with E-state index in [0.29, 0.717) is 25.7 Å². The summed E-state index contributed by atoms with van der Waals surface area (Å²) in [5.41, 5.74) is -0.820. The van der Waals surface area contributed by atoms with Crippen molar-refractivity contribution in [3.63, 3.8) is 0 Å². The fourth-order valence-electron chi connectivity index (χ4n) is 2.91. The Morgan fingerprint density at radius 2 is 2.17 bits per heavy atom. The fraction of sp³-hybridized carbons (Fsp3) is 0.611. The summed E-state index contributed by atoms with van der Waals surface area (Å²) in [5, 5.41) is 3.13. The summed E-state index contributed by atoms with van der Waals surface area (Å²) in [4.78, 5) is 21.8. The van der Waals surface area contributed by atoms with Crippen LogP contribution in [0.4, 0.5) is 13.2 Å².